The van der Waals surface area contributed by atoms with Crippen LogP contribution in [0.25, 0.3) is 0 Å². The van der Waals surface area contributed by atoms with Crippen molar-refractivity contribution < 1.29 is 8.42 Å². The minimum Gasteiger partial charge on any atom is -0.389 e. The zero-order valence-corrected chi connectivity index (χ0v) is 14.2. The number of sulfonamides is 1. The van der Waals surface area contributed by atoms with Crippen molar-refractivity contribution in [2.24, 2.45) is 5.73 Å². The maximum absolute atomic E-state index is 12.5. The van der Waals surface area contributed by atoms with E-state index in [1.54, 1.807) is 10.9 Å². The lowest BCUT2D eigenvalue weighted by molar-refractivity contribution is 0.463. The van der Waals surface area contributed by atoms with Crippen molar-refractivity contribution in [2.75, 3.05) is 7.05 Å². The summed E-state index contributed by atoms with van der Waals surface area (Å²) in [6.07, 6.45) is 0. The molecule has 0 spiro atoms. The number of hydrogen-bond acceptors (Lipinski definition) is 5. The Bertz CT molecular complexity index is 760. The molecule has 112 valence electrons. The van der Waals surface area contributed by atoms with Crippen LogP contribution in [-0.4, -0.2) is 29.7 Å². The predicted octanol–water partition coefficient (Wildman–Crippen LogP) is 2.25. The van der Waals surface area contributed by atoms with Crippen molar-refractivity contribution in [3.8, 4) is 0 Å². The van der Waals surface area contributed by atoms with E-state index in [0.717, 1.165) is 0 Å². The highest BCUT2D eigenvalue weighted by molar-refractivity contribution is 7.89. The Kier molecular flexibility index (Phi) is 4.95. The number of aromatic nitrogens is 1. The van der Waals surface area contributed by atoms with Crippen molar-refractivity contribution in [3.05, 3.63) is 45.4 Å². The van der Waals surface area contributed by atoms with E-state index in [1.165, 1.54) is 40.9 Å². The molecule has 0 saturated heterocycles. The SMILES string of the molecule is CN(Cc1cscn1)S(=O)(=O)c1ccc(C(N)=S)cc1Cl. The summed E-state index contributed by atoms with van der Waals surface area (Å²) in [4.78, 5) is 4.25. The van der Waals surface area contributed by atoms with Gasteiger partial charge in [0.15, 0.2) is 0 Å². The average Bonchev–Trinajstić information content (AvgIpc) is 2.90. The average molecular weight is 362 g/mol. The summed E-state index contributed by atoms with van der Waals surface area (Å²) < 4.78 is 26.2. The molecule has 1 heterocycles. The summed E-state index contributed by atoms with van der Waals surface area (Å²) in [6, 6.07) is 4.40. The molecule has 0 unspecified atom stereocenters. The van der Waals surface area contributed by atoms with E-state index in [2.05, 4.69) is 4.98 Å². The van der Waals surface area contributed by atoms with Crippen LogP contribution in [0.4, 0.5) is 0 Å². The van der Waals surface area contributed by atoms with Gasteiger partial charge >= 0.3 is 0 Å². The molecule has 0 amide bonds. The van der Waals surface area contributed by atoms with Gasteiger partial charge in [-0.05, 0) is 12.1 Å². The first-order valence-electron chi connectivity index (χ1n) is 5.75. The van der Waals surface area contributed by atoms with Gasteiger partial charge in [0, 0.05) is 18.0 Å². The van der Waals surface area contributed by atoms with Crippen LogP contribution < -0.4 is 5.73 Å². The summed E-state index contributed by atoms with van der Waals surface area (Å²) >= 11 is 12.3. The van der Waals surface area contributed by atoms with Gasteiger partial charge in [0.25, 0.3) is 0 Å². The highest BCUT2D eigenvalue weighted by Crippen LogP contribution is 2.26. The molecule has 0 aliphatic rings. The molecule has 5 nitrogen and oxygen atoms in total. The minimum atomic E-state index is -3.71. The Hall–Kier alpha value is -1.06. The molecule has 0 aliphatic heterocycles. The second kappa shape index (κ2) is 6.37. The maximum Gasteiger partial charge on any atom is 0.244 e. The lowest BCUT2D eigenvalue weighted by atomic mass is 10.2. The Morgan fingerprint density at radius 2 is 2.24 bits per heavy atom. The molecule has 1 aromatic heterocycles. The Morgan fingerprint density at radius 1 is 1.52 bits per heavy atom. The van der Waals surface area contributed by atoms with Gasteiger partial charge in [0.05, 0.1) is 22.8 Å². The molecule has 0 radical (unpaired) electrons. The van der Waals surface area contributed by atoms with Crippen LogP contribution in [-0.2, 0) is 16.6 Å². The second-order valence-corrected chi connectivity index (χ2v) is 7.83. The van der Waals surface area contributed by atoms with Crippen molar-refractivity contribution in [1.29, 1.82) is 0 Å². The fourth-order valence-electron chi connectivity index (χ4n) is 1.66. The number of nitrogens with zero attached hydrogens (tertiary/aromatic N) is 2. The Morgan fingerprint density at radius 3 is 2.76 bits per heavy atom. The van der Waals surface area contributed by atoms with Crippen LogP contribution in [0.3, 0.4) is 0 Å². The largest absolute Gasteiger partial charge is 0.389 e. The standard InChI is InChI=1S/C12H12ClN3O2S3/c1-16(5-9-6-20-7-15-9)21(17,18)11-3-2-8(12(14)19)4-10(11)13/h2-4,6-7H,5H2,1H3,(H2,14,19). The lowest BCUT2D eigenvalue weighted by Crippen LogP contribution is -2.27. The first kappa shape index (κ1) is 16.3. The van der Waals surface area contributed by atoms with E-state index in [9.17, 15) is 8.42 Å². The molecule has 9 heteroatoms. The van der Waals surface area contributed by atoms with Gasteiger partial charge in [-0.1, -0.05) is 29.9 Å². The van der Waals surface area contributed by atoms with Crippen LogP contribution >= 0.6 is 35.2 Å². The molecule has 0 atom stereocenters. The van der Waals surface area contributed by atoms with Gasteiger partial charge in [0.2, 0.25) is 10.0 Å². The topological polar surface area (TPSA) is 76.3 Å². The number of hydrogen-bond donors (Lipinski definition) is 1. The number of thiocarbonyl (C=S) groups is 1. The van der Waals surface area contributed by atoms with Crippen LogP contribution in [0, 0.1) is 0 Å². The smallest absolute Gasteiger partial charge is 0.244 e. The second-order valence-electron chi connectivity index (χ2n) is 4.25. The van der Waals surface area contributed by atoms with Gasteiger partial charge in [0.1, 0.15) is 9.88 Å². The normalized spacial score (nSPS) is 11.8. The van der Waals surface area contributed by atoms with Crippen LogP contribution in [0.15, 0.2) is 34.0 Å². The fourth-order valence-corrected chi connectivity index (χ4v) is 3.99. The minimum absolute atomic E-state index is 0.0156. The third-order valence-corrected chi connectivity index (χ3v) is 5.93. The predicted molar refractivity (Wildman–Crippen MR) is 88.1 cm³/mol. The van der Waals surface area contributed by atoms with Gasteiger partial charge in [-0.2, -0.15) is 4.31 Å². The highest BCUT2D eigenvalue weighted by Gasteiger charge is 2.24. The first-order chi connectivity index (χ1) is 9.82. The van der Waals surface area contributed by atoms with Crippen molar-refractivity contribution in [1.82, 2.24) is 9.29 Å². The summed E-state index contributed by atoms with van der Waals surface area (Å²) in [5, 5.41) is 1.88. The van der Waals surface area contributed by atoms with Crippen LogP contribution in [0.1, 0.15) is 11.3 Å². The molecule has 0 aliphatic carbocycles. The Balaban J connectivity index is 2.33. The van der Waals surface area contributed by atoms with Crippen molar-refractivity contribution in [3.63, 3.8) is 0 Å². The zero-order valence-electron chi connectivity index (χ0n) is 11.0. The van der Waals surface area contributed by atoms with E-state index >= 15 is 0 Å². The quantitative estimate of drug-likeness (QED) is 0.826. The van der Waals surface area contributed by atoms with E-state index in [0.29, 0.717) is 11.3 Å². The van der Waals surface area contributed by atoms with E-state index < -0.39 is 10.0 Å². The lowest BCUT2D eigenvalue weighted by Gasteiger charge is -2.17. The molecular weight excluding hydrogens is 350 g/mol. The molecule has 1 aromatic carbocycles. The first-order valence-corrected chi connectivity index (χ1v) is 8.92. The highest BCUT2D eigenvalue weighted by atomic mass is 35.5. The summed E-state index contributed by atoms with van der Waals surface area (Å²) in [7, 11) is -2.23. The molecule has 2 N–H and O–H groups in total. The number of benzene rings is 1. The Labute approximate surface area is 137 Å². The van der Waals surface area contributed by atoms with Crippen LogP contribution in [0.5, 0.6) is 0 Å². The third kappa shape index (κ3) is 3.58. The van der Waals surface area contributed by atoms with E-state index in [-0.39, 0.29) is 21.5 Å². The van der Waals surface area contributed by atoms with E-state index in [1.807, 2.05) is 0 Å². The van der Waals surface area contributed by atoms with Gasteiger partial charge in [-0.15, -0.1) is 11.3 Å². The van der Waals surface area contributed by atoms with Crippen LogP contribution in [0.2, 0.25) is 5.02 Å². The van der Waals surface area contributed by atoms with Crippen molar-refractivity contribution >= 4 is 50.2 Å². The number of rotatable bonds is 5. The molecule has 0 saturated carbocycles. The summed E-state index contributed by atoms with van der Waals surface area (Å²) in [5.41, 5.74) is 8.36. The summed E-state index contributed by atoms with van der Waals surface area (Å²) in [6.45, 7) is 0.180. The molecule has 2 rings (SSSR count). The molecular formula is C12H12ClN3O2S3. The monoisotopic (exact) mass is 361 g/mol. The maximum atomic E-state index is 12.5. The number of halogens is 1. The third-order valence-electron chi connectivity index (χ3n) is 2.77. The number of nitrogens with two attached hydrogens (primary N) is 1. The van der Waals surface area contributed by atoms with Crippen molar-refractivity contribution in [2.45, 2.75) is 11.4 Å². The van der Waals surface area contributed by atoms with Gasteiger partial charge < -0.3 is 5.73 Å². The molecule has 0 bridgehead atoms. The molecule has 21 heavy (non-hydrogen) atoms. The van der Waals surface area contributed by atoms with Gasteiger partial charge in [-0.25, -0.2) is 13.4 Å². The molecule has 0 fully saturated rings. The van der Waals surface area contributed by atoms with E-state index in [4.69, 9.17) is 29.6 Å². The zero-order chi connectivity index (χ0) is 15.6. The summed E-state index contributed by atoms with van der Waals surface area (Å²) in [5.74, 6) is 0. The fraction of sp³-hybridized carbons (Fsp3) is 0.167. The van der Waals surface area contributed by atoms with Gasteiger partial charge in [-0.3, -0.25) is 0 Å². The molecule has 2 aromatic rings. The number of thiazole rings is 1.